The molecule has 29 heavy (non-hydrogen) atoms. The molecule has 0 unspecified atom stereocenters. The molecule has 0 radical (unpaired) electrons. The van der Waals surface area contributed by atoms with Gasteiger partial charge in [0.2, 0.25) is 5.91 Å². The van der Waals surface area contributed by atoms with Crippen molar-refractivity contribution in [2.75, 3.05) is 24.5 Å². The molecule has 0 fully saturated rings. The van der Waals surface area contributed by atoms with Gasteiger partial charge in [0, 0.05) is 37.6 Å². The summed E-state index contributed by atoms with van der Waals surface area (Å²) in [7, 11) is -4.66. The van der Waals surface area contributed by atoms with Crippen LogP contribution in [0.15, 0.2) is 76.5 Å². The third kappa shape index (κ3) is 5.88. The first-order valence-electron chi connectivity index (χ1n) is 8.63. The maximum Gasteiger partial charge on any atom is 0.223 e. The zero-order valence-corrected chi connectivity index (χ0v) is 18.3. The van der Waals surface area contributed by atoms with E-state index in [4.69, 9.17) is 0 Å². The lowest BCUT2D eigenvalue weighted by Gasteiger charge is -2.14. The Morgan fingerprint density at radius 1 is 0.759 bits per heavy atom. The molecular weight excluding hydrogens is 410 g/mol. The SMILES string of the molecule is CC(=O)N(C)c1ccc(S(C)(=O)=O)cc1.CS(=O)(=O)c1cccc2ccccc12. The van der Waals surface area contributed by atoms with Gasteiger partial charge < -0.3 is 4.90 Å². The monoisotopic (exact) mass is 433 g/mol. The fourth-order valence-electron chi connectivity index (χ4n) is 2.62. The topological polar surface area (TPSA) is 88.6 Å². The second-order valence-corrected chi connectivity index (χ2v) is 10.6. The Bertz CT molecular complexity index is 1230. The summed E-state index contributed by atoms with van der Waals surface area (Å²) in [6, 6.07) is 19.0. The van der Waals surface area contributed by atoms with Crippen LogP contribution in [0.2, 0.25) is 0 Å². The maximum absolute atomic E-state index is 11.4. The number of carbonyl (C=O) groups excluding carboxylic acids is 1. The summed E-state index contributed by atoms with van der Waals surface area (Å²) < 4.78 is 45.2. The predicted octanol–water partition coefficient (Wildman–Crippen LogP) is 3.32. The van der Waals surface area contributed by atoms with Gasteiger partial charge in [-0.2, -0.15) is 0 Å². The van der Waals surface area contributed by atoms with Crippen LogP contribution in [-0.2, 0) is 24.5 Å². The zero-order valence-electron chi connectivity index (χ0n) is 16.7. The number of sulfone groups is 2. The Labute approximate surface area is 171 Å². The number of fused-ring (bicyclic) bond motifs is 1. The van der Waals surface area contributed by atoms with Gasteiger partial charge >= 0.3 is 0 Å². The van der Waals surface area contributed by atoms with Crippen LogP contribution < -0.4 is 4.90 Å². The molecule has 8 heteroatoms. The summed E-state index contributed by atoms with van der Waals surface area (Å²) in [4.78, 5) is 13.1. The Hall–Kier alpha value is -2.71. The molecule has 6 nitrogen and oxygen atoms in total. The lowest BCUT2D eigenvalue weighted by Crippen LogP contribution is -2.22. The molecule has 3 aromatic rings. The number of hydrogen-bond acceptors (Lipinski definition) is 5. The van der Waals surface area contributed by atoms with E-state index in [2.05, 4.69) is 0 Å². The molecule has 0 heterocycles. The third-order valence-corrected chi connectivity index (χ3v) is 6.56. The van der Waals surface area contributed by atoms with Crippen molar-refractivity contribution in [1.29, 1.82) is 0 Å². The molecule has 3 aromatic carbocycles. The number of rotatable bonds is 3. The normalized spacial score (nSPS) is 11.4. The van der Waals surface area contributed by atoms with Gasteiger partial charge in [0.1, 0.15) is 0 Å². The molecule has 0 atom stereocenters. The van der Waals surface area contributed by atoms with Crippen LogP contribution in [-0.4, -0.2) is 42.3 Å². The van der Waals surface area contributed by atoms with Crippen molar-refractivity contribution in [3.8, 4) is 0 Å². The van der Waals surface area contributed by atoms with Crippen molar-refractivity contribution in [1.82, 2.24) is 0 Å². The van der Waals surface area contributed by atoms with Gasteiger partial charge in [-0.05, 0) is 35.7 Å². The Kier molecular flexibility index (Phi) is 6.81. The minimum Gasteiger partial charge on any atom is -0.316 e. The molecule has 0 spiro atoms. The number of hydrogen-bond donors (Lipinski definition) is 0. The molecule has 0 saturated heterocycles. The van der Waals surface area contributed by atoms with Gasteiger partial charge in [-0.15, -0.1) is 0 Å². The summed E-state index contributed by atoms with van der Waals surface area (Å²) >= 11 is 0. The summed E-state index contributed by atoms with van der Waals surface area (Å²) in [6.07, 6.45) is 2.38. The van der Waals surface area contributed by atoms with Crippen molar-refractivity contribution in [3.63, 3.8) is 0 Å². The number of nitrogens with zero attached hydrogens (tertiary/aromatic N) is 1. The van der Waals surface area contributed by atoms with Crippen LogP contribution in [0.5, 0.6) is 0 Å². The molecule has 0 bridgehead atoms. The summed E-state index contributed by atoms with van der Waals surface area (Å²) in [5.41, 5.74) is 0.676. The number of amides is 1. The first-order valence-corrected chi connectivity index (χ1v) is 12.4. The second-order valence-electron chi connectivity index (χ2n) is 6.59. The van der Waals surface area contributed by atoms with Crippen LogP contribution in [0.4, 0.5) is 5.69 Å². The molecule has 0 aliphatic rings. The van der Waals surface area contributed by atoms with Gasteiger partial charge in [-0.3, -0.25) is 4.79 Å². The third-order valence-electron chi connectivity index (χ3n) is 4.27. The van der Waals surface area contributed by atoms with Crippen molar-refractivity contribution in [3.05, 3.63) is 66.7 Å². The molecule has 3 rings (SSSR count). The van der Waals surface area contributed by atoms with Crippen LogP contribution in [0.1, 0.15) is 6.92 Å². The van der Waals surface area contributed by atoms with E-state index in [1.807, 2.05) is 30.3 Å². The first-order chi connectivity index (χ1) is 13.4. The van der Waals surface area contributed by atoms with Crippen LogP contribution >= 0.6 is 0 Å². The number of carbonyl (C=O) groups is 1. The molecule has 0 aliphatic heterocycles. The predicted molar refractivity (Wildman–Crippen MR) is 116 cm³/mol. The molecule has 0 saturated carbocycles. The quantitative estimate of drug-likeness (QED) is 0.632. The van der Waals surface area contributed by atoms with Crippen LogP contribution in [0.25, 0.3) is 10.8 Å². The van der Waals surface area contributed by atoms with Gasteiger partial charge in [-0.1, -0.05) is 36.4 Å². The van der Waals surface area contributed by atoms with Gasteiger partial charge in [0.05, 0.1) is 9.79 Å². The molecule has 0 aliphatic carbocycles. The molecule has 1 amide bonds. The van der Waals surface area contributed by atoms with Crippen molar-refractivity contribution in [2.45, 2.75) is 16.7 Å². The average Bonchev–Trinajstić information content (AvgIpc) is 2.66. The van der Waals surface area contributed by atoms with Crippen LogP contribution in [0, 0.1) is 0 Å². The van der Waals surface area contributed by atoms with E-state index in [1.165, 1.54) is 30.2 Å². The lowest BCUT2D eigenvalue weighted by atomic mass is 10.1. The smallest absolute Gasteiger partial charge is 0.223 e. The standard InChI is InChI=1S/C11H10O2S.C10H13NO3S/c1-14(12,13)11-8-4-6-9-5-2-3-7-10(9)11;1-8(12)11(2)9-4-6-10(7-5-9)15(3,13)14/h2-8H,1H3;4-7H,1-3H3. The minimum absolute atomic E-state index is 0.0953. The van der Waals surface area contributed by atoms with E-state index in [0.29, 0.717) is 10.6 Å². The molecule has 154 valence electrons. The van der Waals surface area contributed by atoms with E-state index in [-0.39, 0.29) is 10.8 Å². The fraction of sp³-hybridized carbons (Fsp3) is 0.190. The van der Waals surface area contributed by atoms with Gasteiger partial charge in [-0.25, -0.2) is 16.8 Å². The Morgan fingerprint density at radius 3 is 1.83 bits per heavy atom. The molecule has 0 aromatic heterocycles. The molecular formula is C21H23NO5S2. The Balaban J connectivity index is 0.000000207. The van der Waals surface area contributed by atoms with E-state index < -0.39 is 19.7 Å². The summed E-state index contributed by atoms with van der Waals surface area (Å²) in [6.45, 7) is 1.45. The maximum atomic E-state index is 11.4. The van der Waals surface area contributed by atoms with Crippen molar-refractivity contribution in [2.24, 2.45) is 0 Å². The molecule has 0 N–H and O–H groups in total. The van der Waals surface area contributed by atoms with Crippen LogP contribution in [0.3, 0.4) is 0 Å². The Morgan fingerprint density at radius 2 is 1.31 bits per heavy atom. The van der Waals surface area contributed by atoms with Gasteiger partial charge in [0.25, 0.3) is 0 Å². The number of benzene rings is 3. The summed E-state index contributed by atoms with van der Waals surface area (Å²) in [5, 5.41) is 1.74. The van der Waals surface area contributed by atoms with Gasteiger partial charge in [0.15, 0.2) is 19.7 Å². The largest absolute Gasteiger partial charge is 0.316 e. The van der Waals surface area contributed by atoms with Crippen molar-refractivity contribution >= 4 is 42.0 Å². The highest BCUT2D eigenvalue weighted by atomic mass is 32.2. The highest BCUT2D eigenvalue weighted by Crippen LogP contribution is 2.22. The van der Waals surface area contributed by atoms with Crippen molar-refractivity contribution < 1.29 is 21.6 Å². The summed E-state index contributed by atoms with van der Waals surface area (Å²) in [5.74, 6) is -0.0953. The zero-order chi connectivity index (χ0) is 21.8. The minimum atomic E-state index is -3.17. The first kappa shape index (κ1) is 22.6. The highest BCUT2D eigenvalue weighted by Gasteiger charge is 2.10. The van der Waals surface area contributed by atoms with E-state index in [1.54, 1.807) is 31.3 Å². The van der Waals surface area contributed by atoms with E-state index >= 15 is 0 Å². The second kappa shape index (κ2) is 8.75. The van der Waals surface area contributed by atoms with E-state index in [0.717, 1.165) is 17.0 Å². The average molecular weight is 434 g/mol. The highest BCUT2D eigenvalue weighted by molar-refractivity contribution is 7.91. The van der Waals surface area contributed by atoms with E-state index in [9.17, 15) is 21.6 Å². The number of anilines is 1. The lowest BCUT2D eigenvalue weighted by molar-refractivity contribution is -0.116. The fourth-order valence-corrected chi connectivity index (χ4v) is 4.16.